The van der Waals surface area contributed by atoms with Crippen LogP contribution in [-0.4, -0.2) is 43.1 Å². The fraction of sp³-hybridized carbons (Fsp3) is 0.409. The van der Waals surface area contributed by atoms with Gasteiger partial charge in [-0.25, -0.2) is 15.0 Å². The number of hydrogen-bond acceptors (Lipinski definition) is 7. The van der Waals surface area contributed by atoms with Gasteiger partial charge in [-0.2, -0.15) is 17.7 Å². The van der Waals surface area contributed by atoms with Crippen LogP contribution in [-0.2, 0) is 11.0 Å². The number of amides is 1. The first-order valence-electron chi connectivity index (χ1n) is 11.2. The molecule has 0 spiro atoms. The monoisotopic (exact) mass is 487 g/mol. The highest BCUT2D eigenvalue weighted by atomic mass is 32.1. The second-order valence-corrected chi connectivity index (χ2v) is 9.50. The Morgan fingerprint density at radius 2 is 1.97 bits per heavy atom. The summed E-state index contributed by atoms with van der Waals surface area (Å²) in [4.78, 5) is 26.0. The molecule has 1 saturated carbocycles. The van der Waals surface area contributed by atoms with E-state index in [1.54, 1.807) is 6.07 Å². The molecule has 0 unspecified atom stereocenters. The maximum Gasteiger partial charge on any atom is 0.418 e. The molecule has 1 saturated heterocycles. The number of anilines is 1. The van der Waals surface area contributed by atoms with Crippen molar-refractivity contribution in [3.05, 3.63) is 34.8 Å². The molecule has 0 bridgehead atoms. The number of rotatable bonds is 4. The number of thiazole rings is 1. The summed E-state index contributed by atoms with van der Waals surface area (Å²) < 4.78 is 42.8. The molecule has 34 heavy (non-hydrogen) atoms. The Morgan fingerprint density at radius 3 is 2.76 bits per heavy atom. The zero-order chi connectivity index (χ0) is 23.4. The average molecular weight is 488 g/mol. The van der Waals surface area contributed by atoms with Crippen LogP contribution in [0, 0.1) is 0 Å². The van der Waals surface area contributed by atoms with E-state index in [4.69, 9.17) is 0 Å². The summed E-state index contributed by atoms with van der Waals surface area (Å²) >= 11 is 1.41. The van der Waals surface area contributed by atoms with Gasteiger partial charge in [-0.15, -0.1) is 16.4 Å². The topological polar surface area (TPSA) is 97.1 Å². The van der Waals surface area contributed by atoms with Crippen molar-refractivity contribution >= 4 is 39.7 Å². The molecule has 1 aliphatic heterocycles. The van der Waals surface area contributed by atoms with Crippen LogP contribution >= 0.6 is 11.3 Å². The zero-order valence-corrected chi connectivity index (χ0v) is 18.7. The van der Waals surface area contributed by atoms with Gasteiger partial charge in [0.05, 0.1) is 16.8 Å². The highest BCUT2D eigenvalue weighted by Crippen LogP contribution is 2.41. The third-order valence-corrected chi connectivity index (χ3v) is 7.01. The van der Waals surface area contributed by atoms with E-state index in [1.807, 2.05) is 5.38 Å². The quantitative estimate of drug-likeness (QED) is 0.444. The minimum Gasteiger partial charge on any atom is -0.354 e. The molecule has 3 aromatic heterocycles. The number of carbonyl (C=O) groups is 1. The lowest BCUT2D eigenvalue weighted by Gasteiger charge is -2.17. The third-order valence-electron chi connectivity index (χ3n) is 6.16. The number of nitrogens with one attached hydrogen (secondary N) is 2. The highest BCUT2D eigenvalue weighted by Gasteiger charge is 2.35. The van der Waals surface area contributed by atoms with Gasteiger partial charge in [-0.1, -0.05) is 6.07 Å². The number of fused-ring (bicyclic) bond motifs is 3. The summed E-state index contributed by atoms with van der Waals surface area (Å²) in [6.45, 7) is 0.566. The summed E-state index contributed by atoms with van der Waals surface area (Å²) in [5.74, 6) is 0.604. The van der Waals surface area contributed by atoms with Crippen molar-refractivity contribution in [1.82, 2.24) is 29.9 Å². The van der Waals surface area contributed by atoms with Crippen LogP contribution in [0.15, 0.2) is 23.6 Å². The average Bonchev–Trinajstić information content (AvgIpc) is 3.42. The minimum absolute atomic E-state index is 0.0407. The third kappa shape index (κ3) is 3.75. The van der Waals surface area contributed by atoms with Gasteiger partial charge in [0.1, 0.15) is 6.04 Å². The van der Waals surface area contributed by atoms with Gasteiger partial charge < -0.3 is 10.6 Å². The van der Waals surface area contributed by atoms with Crippen LogP contribution in [0.5, 0.6) is 0 Å². The van der Waals surface area contributed by atoms with Gasteiger partial charge in [0.15, 0.2) is 10.7 Å². The van der Waals surface area contributed by atoms with Crippen molar-refractivity contribution in [3.8, 4) is 10.8 Å². The lowest BCUT2D eigenvalue weighted by molar-refractivity contribution is -0.136. The van der Waals surface area contributed by atoms with Crippen LogP contribution in [0.2, 0.25) is 0 Å². The van der Waals surface area contributed by atoms with E-state index >= 15 is 0 Å². The van der Waals surface area contributed by atoms with Gasteiger partial charge in [-0.3, -0.25) is 4.79 Å². The Labute approximate surface area is 195 Å². The van der Waals surface area contributed by atoms with Gasteiger partial charge in [0.2, 0.25) is 17.7 Å². The van der Waals surface area contributed by atoms with Crippen LogP contribution in [0.3, 0.4) is 0 Å². The predicted molar refractivity (Wildman–Crippen MR) is 121 cm³/mol. The van der Waals surface area contributed by atoms with Crippen molar-refractivity contribution in [1.29, 1.82) is 0 Å². The van der Waals surface area contributed by atoms with Crippen LogP contribution in [0.25, 0.3) is 27.4 Å². The van der Waals surface area contributed by atoms with Crippen molar-refractivity contribution in [3.63, 3.8) is 0 Å². The summed E-state index contributed by atoms with van der Waals surface area (Å²) in [6.07, 6.45) is -0.218. The van der Waals surface area contributed by atoms with E-state index in [2.05, 4.69) is 30.7 Å². The van der Waals surface area contributed by atoms with Crippen molar-refractivity contribution in [2.24, 2.45) is 0 Å². The Hall–Kier alpha value is -3.28. The Morgan fingerprint density at radius 1 is 1.12 bits per heavy atom. The molecule has 2 aliphatic rings. The number of para-hydroxylation sites is 1. The van der Waals surface area contributed by atoms with Gasteiger partial charge >= 0.3 is 6.18 Å². The molecule has 1 aliphatic carbocycles. The Kier molecular flexibility index (Phi) is 4.94. The first-order chi connectivity index (χ1) is 16.4. The minimum atomic E-state index is -4.60. The smallest absolute Gasteiger partial charge is 0.354 e. The number of halogens is 3. The second kappa shape index (κ2) is 7.90. The molecule has 0 radical (unpaired) electrons. The number of alkyl halides is 3. The number of nitrogens with zero attached hydrogens (tertiary/aromatic N) is 5. The molecule has 4 heterocycles. The lowest BCUT2D eigenvalue weighted by atomic mass is 10.1. The molecular weight excluding hydrogens is 467 g/mol. The molecule has 4 aromatic rings. The molecule has 8 nitrogen and oxygen atoms in total. The van der Waals surface area contributed by atoms with E-state index in [0.29, 0.717) is 29.7 Å². The summed E-state index contributed by atoms with van der Waals surface area (Å²) in [7, 11) is 0. The number of aromatic nitrogens is 5. The van der Waals surface area contributed by atoms with Gasteiger partial charge in [0.25, 0.3) is 0 Å². The first-order valence-corrected chi connectivity index (χ1v) is 12.0. The van der Waals surface area contributed by atoms with E-state index in [9.17, 15) is 18.0 Å². The van der Waals surface area contributed by atoms with E-state index in [-0.39, 0.29) is 28.4 Å². The van der Waals surface area contributed by atoms with Crippen molar-refractivity contribution < 1.29 is 18.0 Å². The largest absolute Gasteiger partial charge is 0.418 e. The lowest BCUT2D eigenvalue weighted by Crippen LogP contribution is -2.38. The summed E-state index contributed by atoms with van der Waals surface area (Å²) in [6, 6.07) is 3.24. The zero-order valence-electron chi connectivity index (χ0n) is 17.9. The maximum atomic E-state index is 13.8. The molecule has 1 amide bonds. The van der Waals surface area contributed by atoms with E-state index in [1.165, 1.54) is 21.9 Å². The first kappa shape index (κ1) is 21.3. The van der Waals surface area contributed by atoms with E-state index in [0.717, 1.165) is 37.4 Å². The Bertz CT molecular complexity index is 1410. The molecule has 6 rings (SSSR count). The van der Waals surface area contributed by atoms with Gasteiger partial charge in [0, 0.05) is 23.2 Å². The van der Waals surface area contributed by atoms with Gasteiger partial charge in [-0.05, 0) is 44.2 Å². The number of hydrogen-bond donors (Lipinski definition) is 2. The van der Waals surface area contributed by atoms with Crippen LogP contribution in [0.1, 0.15) is 49.3 Å². The molecule has 176 valence electrons. The summed E-state index contributed by atoms with van der Waals surface area (Å²) in [5.41, 5.74) is 0.118. The predicted octanol–water partition coefficient (Wildman–Crippen LogP) is 4.38. The highest BCUT2D eigenvalue weighted by molar-refractivity contribution is 7.13. The molecule has 2 N–H and O–H groups in total. The van der Waals surface area contributed by atoms with E-state index < -0.39 is 17.8 Å². The van der Waals surface area contributed by atoms with Crippen LogP contribution in [0.4, 0.5) is 19.1 Å². The van der Waals surface area contributed by atoms with Crippen LogP contribution < -0.4 is 10.6 Å². The second-order valence-electron chi connectivity index (χ2n) is 8.64. The summed E-state index contributed by atoms with van der Waals surface area (Å²) in [5, 5.41) is 13.2. The number of benzene rings is 1. The SMILES string of the molecule is O=C1NCCCC[C@H]1Nc1nc2c(C(F)(F)F)cccc2c2nc(-c3nc(C4CC4)cs3)nn12. The molecule has 2 fully saturated rings. The molecular formula is C22H20F3N7OS. The van der Waals surface area contributed by atoms with Crippen molar-refractivity contribution in [2.75, 3.05) is 11.9 Å². The Balaban J connectivity index is 1.53. The maximum absolute atomic E-state index is 13.8. The molecule has 12 heteroatoms. The number of carbonyl (C=O) groups excluding carboxylic acids is 1. The van der Waals surface area contributed by atoms with Crippen molar-refractivity contribution in [2.45, 2.75) is 50.2 Å². The standard InChI is InChI=1S/C22H20F3N7OS/c23-22(24,25)13-5-3-4-12-16(13)29-21(28-14-6-1-2-9-26-19(14)33)32-18(12)30-17(31-32)20-27-15(10-34-20)11-7-8-11/h3-5,10-11,14H,1-2,6-9H2,(H,26,33)(H,28,29)/t14-/m1/s1. The molecule has 1 atom stereocenters. The fourth-order valence-electron chi connectivity index (χ4n) is 4.23. The fourth-order valence-corrected chi connectivity index (χ4v) is 5.06. The normalized spacial score (nSPS) is 19.4. The molecule has 1 aromatic carbocycles.